The SMILES string of the molecule is Nc1c(S)sc2nc(-c3cccnc3)nc(-c3ccccc3)c12. The topological polar surface area (TPSA) is 64.7 Å². The molecule has 0 aliphatic heterocycles. The van der Waals surface area contributed by atoms with Gasteiger partial charge in [-0.25, -0.2) is 9.97 Å². The molecule has 0 aliphatic rings. The van der Waals surface area contributed by atoms with Gasteiger partial charge in [0.25, 0.3) is 0 Å². The Kier molecular flexibility index (Phi) is 3.48. The normalized spacial score (nSPS) is 11.0. The molecule has 1 aromatic carbocycles. The van der Waals surface area contributed by atoms with E-state index in [1.54, 1.807) is 12.4 Å². The fourth-order valence-corrected chi connectivity index (χ4v) is 3.65. The highest BCUT2D eigenvalue weighted by molar-refractivity contribution is 7.83. The van der Waals surface area contributed by atoms with Crippen molar-refractivity contribution in [2.45, 2.75) is 4.21 Å². The number of thiol groups is 1. The predicted molar refractivity (Wildman–Crippen MR) is 97.7 cm³/mol. The van der Waals surface area contributed by atoms with Crippen LogP contribution in [0.5, 0.6) is 0 Å². The van der Waals surface area contributed by atoms with Crippen molar-refractivity contribution in [1.29, 1.82) is 0 Å². The second-order valence-corrected chi connectivity index (χ2v) is 6.75. The summed E-state index contributed by atoms with van der Waals surface area (Å²) in [5.74, 6) is 0.638. The van der Waals surface area contributed by atoms with Crippen molar-refractivity contribution in [3.8, 4) is 22.6 Å². The predicted octanol–water partition coefficient (Wildman–Crippen LogP) is 4.29. The van der Waals surface area contributed by atoms with Gasteiger partial charge in [-0.2, -0.15) is 0 Å². The molecule has 4 aromatic rings. The molecular formula is C17H12N4S2. The van der Waals surface area contributed by atoms with Crippen LogP contribution in [-0.4, -0.2) is 15.0 Å². The largest absolute Gasteiger partial charge is 0.397 e. The van der Waals surface area contributed by atoms with Gasteiger partial charge in [0.2, 0.25) is 0 Å². The fraction of sp³-hybridized carbons (Fsp3) is 0. The zero-order chi connectivity index (χ0) is 15.8. The molecule has 3 heterocycles. The molecule has 0 spiro atoms. The van der Waals surface area contributed by atoms with Gasteiger partial charge in [-0.05, 0) is 12.1 Å². The molecule has 2 N–H and O–H groups in total. The lowest BCUT2D eigenvalue weighted by Gasteiger charge is -2.07. The molecule has 0 aliphatic carbocycles. The van der Waals surface area contributed by atoms with Crippen LogP contribution in [0.15, 0.2) is 59.1 Å². The second-order valence-electron chi connectivity index (χ2n) is 5.00. The van der Waals surface area contributed by atoms with Crippen LogP contribution >= 0.6 is 24.0 Å². The first-order valence-corrected chi connectivity index (χ1v) is 8.25. The molecule has 0 fully saturated rings. The Morgan fingerprint density at radius 2 is 1.74 bits per heavy atom. The van der Waals surface area contributed by atoms with E-state index in [0.29, 0.717) is 11.5 Å². The van der Waals surface area contributed by atoms with Crippen molar-refractivity contribution in [2.75, 3.05) is 5.73 Å². The molecule has 112 valence electrons. The summed E-state index contributed by atoms with van der Waals surface area (Å²) in [6.07, 6.45) is 3.49. The van der Waals surface area contributed by atoms with E-state index in [0.717, 1.165) is 31.2 Å². The Labute approximate surface area is 142 Å². The first-order chi connectivity index (χ1) is 11.2. The van der Waals surface area contributed by atoms with Crippen molar-refractivity contribution in [3.05, 3.63) is 54.9 Å². The van der Waals surface area contributed by atoms with E-state index in [9.17, 15) is 0 Å². The molecule has 0 bridgehead atoms. The number of aromatic nitrogens is 3. The minimum Gasteiger partial charge on any atom is -0.397 e. The summed E-state index contributed by atoms with van der Waals surface area (Å²) in [6, 6.07) is 13.8. The lowest BCUT2D eigenvalue weighted by molar-refractivity contribution is 1.22. The summed E-state index contributed by atoms with van der Waals surface area (Å²) in [5.41, 5.74) is 9.54. The Morgan fingerprint density at radius 3 is 2.48 bits per heavy atom. The number of fused-ring (bicyclic) bond motifs is 1. The average Bonchev–Trinajstić information content (AvgIpc) is 2.90. The van der Waals surface area contributed by atoms with Crippen LogP contribution in [0.4, 0.5) is 5.69 Å². The third-order valence-corrected chi connectivity index (χ3v) is 4.95. The van der Waals surface area contributed by atoms with Crippen molar-refractivity contribution in [3.63, 3.8) is 0 Å². The fourth-order valence-electron chi connectivity index (χ4n) is 2.44. The maximum atomic E-state index is 6.21. The van der Waals surface area contributed by atoms with Gasteiger partial charge < -0.3 is 5.73 Å². The monoisotopic (exact) mass is 336 g/mol. The van der Waals surface area contributed by atoms with E-state index in [1.807, 2.05) is 42.5 Å². The number of anilines is 1. The Balaban J connectivity index is 2.06. The molecule has 23 heavy (non-hydrogen) atoms. The van der Waals surface area contributed by atoms with Gasteiger partial charge in [0, 0.05) is 23.5 Å². The molecule has 0 radical (unpaired) electrons. The molecule has 0 saturated carbocycles. The van der Waals surface area contributed by atoms with Crippen molar-refractivity contribution >= 4 is 39.9 Å². The van der Waals surface area contributed by atoms with Crippen LogP contribution in [-0.2, 0) is 0 Å². The Bertz CT molecular complexity index is 982. The highest BCUT2D eigenvalue weighted by atomic mass is 32.2. The van der Waals surface area contributed by atoms with Crippen LogP contribution in [0.25, 0.3) is 32.9 Å². The minimum absolute atomic E-state index is 0.630. The van der Waals surface area contributed by atoms with E-state index in [4.69, 9.17) is 10.7 Å². The first kappa shape index (κ1) is 14.2. The van der Waals surface area contributed by atoms with E-state index in [1.165, 1.54) is 11.3 Å². The number of pyridine rings is 1. The molecule has 0 unspecified atom stereocenters. The molecule has 0 amide bonds. The third kappa shape index (κ3) is 2.46. The quantitative estimate of drug-likeness (QED) is 0.536. The first-order valence-electron chi connectivity index (χ1n) is 6.99. The summed E-state index contributed by atoms with van der Waals surface area (Å²) in [4.78, 5) is 14.4. The number of benzene rings is 1. The van der Waals surface area contributed by atoms with Gasteiger partial charge in [-0.15, -0.1) is 24.0 Å². The molecule has 0 atom stereocenters. The van der Waals surface area contributed by atoms with Crippen molar-refractivity contribution in [2.24, 2.45) is 0 Å². The smallest absolute Gasteiger partial charge is 0.162 e. The standard InChI is InChI=1S/C17H12N4S2/c18-13-12-14(10-5-2-1-3-6-10)20-15(11-7-4-8-19-9-11)21-16(12)23-17(13)22/h1-9,22H,18H2. The van der Waals surface area contributed by atoms with Crippen LogP contribution in [0, 0.1) is 0 Å². The van der Waals surface area contributed by atoms with Crippen molar-refractivity contribution < 1.29 is 0 Å². The molecule has 6 heteroatoms. The average molecular weight is 336 g/mol. The van der Waals surface area contributed by atoms with E-state index in [-0.39, 0.29) is 0 Å². The summed E-state index contributed by atoms with van der Waals surface area (Å²) < 4.78 is 0.759. The van der Waals surface area contributed by atoms with Gasteiger partial charge in [-0.1, -0.05) is 30.3 Å². The van der Waals surface area contributed by atoms with Gasteiger partial charge >= 0.3 is 0 Å². The van der Waals surface area contributed by atoms with E-state index < -0.39 is 0 Å². The number of hydrogen-bond donors (Lipinski definition) is 2. The zero-order valence-electron chi connectivity index (χ0n) is 12.0. The number of nitrogen functional groups attached to an aromatic ring is 1. The number of rotatable bonds is 2. The maximum Gasteiger partial charge on any atom is 0.162 e. The van der Waals surface area contributed by atoms with Gasteiger partial charge in [0.1, 0.15) is 4.83 Å². The van der Waals surface area contributed by atoms with E-state index in [2.05, 4.69) is 22.6 Å². The van der Waals surface area contributed by atoms with Crippen molar-refractivity contribution in [1.82, 2.24) is 15.0 Å². The second kappa shape index (κ2) is 5.64. The van der Waals surface area contributed by atoms with Crippen LogP contribution < -0.4 is 5.73 Å². The highest BCUT2D eigenvalue weighted by Gasteiger charge is 2.17. The molecular weight excluding hydrogens is 324 g/mol. The zero-order valence-corrected chi connectivity index (χ0v) is 13.7. The number of nitrogens with zero attached hydrogens (tertiary/aromatic N) is 3. The summed E-state index contributed by atoms with van der Waals surface area (Å²) in [7, 11) is 0. The van der Waals surface area contributed by atoms with Gasteiger partial charge in [0.15, 0.2) is 5.82 Å². The number of nitrogens with two attached hydrogens (primary N) is 1. The summed E-state index contributed by atoms with van der Waals surface area (Å²) in [6.45, 7) is 0. The van der Waals surface area contributed by atoms with Crippen LogP contribution in [0.3, 0.4) is 0 Å². The highest BCUT2D eigenvalue weighted by Crippen LogP contribution is 2.40. The lowest BCUT2D eigenvalue weighted by atomic mass is 10.1. The summed E-state index contributed by atoms with van der Waals surface area (Å²) in [5, 5.41) is 0.860. The number of hydrogen-bond acceptors (Lipinski definition) is 6. The Morgan fingerprint density at radius 1 is 0.957 bits per heavy atom. The molecule has 4 nitrogen and oxygen atoms in total. The lowest BCUT2D eigenvalue weighted by Crippen LogP contribution is -1.95. The maximum absolute atomic E-state index is 6.21. The third-order valence-electron chi connectivity index (χ3n) is 3.54. The minimum atomic E-state index is 0.630. The van der Waals surface area contributed by atoms with Crippen LogP contribution in [0.2, 0.25) is 0 Å². The number of thiophene rings is 1. The van der Waals surface area contributed by atoms with Gasteiger partial charge in [0.05, 0.1) is 21.0 Å². The molecule has 3 aromatic heterocycles. The molecule has 4 rings (SSSR count). The summed E-state index contributed by atoms with van der Waals surface area (Å²) >= 11 is 5.92. The Hall–Kier alpha value is -2.44. The molecule has 0 saturated heterocycles. The van der Waals surface area contributed by atoms with Gasteiger partial charge in [-0.3, -0.25) is 4.98 Å². The van der Waals surface area contributed by atoms with E-state index >= 15 is 0 Å². The van der Waals surface area contributed by atoms with Crippen LogP contribution in [0.1, 0.15) is 0 Å².